The number of hydrogen-bond donors (Lipinski definition) is 0. The molecule has 4 nitrogen and oxygen atoms in total. The molecule has 0 aromatic heterocycles. The van der Waals surface area contributed by atoms with E-state index in [9.17, 15) is 0 Å². The Kier molecular flexibility index (Phi) is 41.6. The molecule has 0 amide bonds. The van der Waals surface area contributed by atoms with Crippen LogP contribution in [0.4, 0.5) is 0 Å². The van der Waals surface area contributed by atoms with Crippen LogP contribution >= 0.6 is 0 Å². The maximum atomic E-state index is 6.09. The molecule has 0 aliphatic carbocycles. The van der Waals surface area contributed by atoms with Crippen molar-refractivity contribution in [2.24, 2.45) is 0 Å². The molecule has 0 N–H and O–H groups in total. The van der Waals surface area contributed by atoms with Gasteiger partial charge in [-0.1, -0.05) is 168 Å². The van der Waals surface area contributed by atoms with Gasteiger partial charge in [0, 0.05) is 14.2 Å². The smallest absolute Gasteiger partial charge is 0.137 e. The Balaban J connectivity index is -0.0000101. The maximum absolute atomic E-state index is 6.09. The lowest BCUT2D eigenvalue weighted by molar-refractivity contribution is -0.902. The SMILES string of the molecule is CCCCCCCCCCCCCCCC[N+](C)(C)C[C@@H](OC)[C@@H](C[N+](C)(C)CCCCCCCCCCCCCCCC)OC.[Br-].[Br-]. The number of likely N-dealkylation sites (N-methyl/N-ethyl adjacent to an activating group) is 2. The Bertz CT molecular complexity index is 568. The fourth-order valence-electron chi connectivity index (χ4n) is 7.31. The first-order valence-electron chi connectivity index (χ1n) is 20.9. The third-order valence-electron chi connectivity index (χ3n) is 10.6. The summed E-state index contributed by atoms with van der Waals surface area (Å²) in [6.45, 7) is 9.10. The Morgan fingerprint density at radius 1 is 0.333 bits per heavy atom. The Labute approximate surface area is 325 Å². The fourth-order valence-corrected chi connectivity index (χ4v) is 7.31. The number of ether oxygens (including phenoxy) is 2. The molecular formula is C42H90Br2N2O2. The lowest BCUT2D eigenvalue weighted by atomic mass is 10.0. The number of nitrogens with zero attached hydrogens (tertiary/aromatic N) is 2. The van der Waals surface area contributed by atoms with Gasteiger partial charge < -0.3 is 52.4 Å². The zero-order valence-corrected chi connectivity index (χ0v) is 37.4. The van der Waals surface area contributed by atoms with Crippen molar-refractivity contribution in [3.05, 3.63) is 0 Å². The molecule has 0 bridgehead atoms. The number of hydrogen-bond acceptors (Lipinski definition) is 2. The van der Waals surface area contributed by atoms with Crippen molar-refractivity contribution in [1.82, 2.24) is 0 Å². The van der Waals surface area contributed by atoms with Crippen LogP contribution in [-0.4, -0.2) is 89.8 Å². The number of unbranched alkanes of at least 4 members (excludes halogenated alkanes) is 26. The van der Waals surface area contributed by atoms with Crippen molar-refractivity contribution in [2.45, 2.75) is 206 Å². The van der Waals surface area contributed by atoms with Gasteiger partial charge in [-0.3, -0.25) is 0 Å². The second kappa shape index (κ2) is 37.6. The van der Waals surface area contributed by atoms with Crippen LogP contribution in [0.1, 0.15) is 194 Å². The molecule has 0 spiro atoms. The average Bonchev–Trinajstić information content (AvgIpc) is 3.03. The van der Waals surface area contributed by atoms with Crippen LogP contribution in [-0.2, 0) is 9.47 Å². The normalized spacial score (nSPS) is 13.2. The minimum Gasteiger partial charge on any atom is -1.00 e. The highest BCUT2D eigenvalue weighted by molar-refractivity contribution is 4.70. The molecule has 0 aromatic rings. The topological polar surface area (TPSA) is 18.5 Å². The van der Waals surface area contributed by atoms with Gasteiger partial charge in [0.25, 0.3) is 0 Å². The number of rotatable bonds is 37. The summed E-state index contributed by atoms with van der Waals surface area (Å²) in [5.74, 6) is 0. The summed E-state index contributed by atoms with van der Waals surface area (Å²) in [5.41, 5.74) is 0. The number of quaternary nitrogens is 2. The molecule has 0 saturated carbocycles. The maximum Gasteiger partial charge on any atom is 0.137 e. The van der Waals surface area contributed by atoms with Crippen LogP contribution in [0.2, 0.25) is 0 Å². The van der Waals surface area contributed by atoms with Gasteiger partial charge in [0.1, 0.15) is 25.3 Å². The van der Waals surface area contributed by atoms with Crippen LogP contribution in [0.15, 0.2) is 0 Å². The molecule has 0 fully saturated rings. The van der Waals surface area contributed by atoms with Crippen LogP contribution in [0.5, 0.6) is 0 Å². The summed E-state index contributed by atoms with van der Waals surface area (Å²) in [7, 11) is 13.3. The molecule has 0 aliphatic rings. The molecule has 2 atom stereocenters. The van der Waals surface area contributed by atoms with E-state index < -0.39 is 0 Å². The van der Waals surface area contributed by atoms with Crippen LogP contribution < -0.4 is 34.0 Å². The highest BCUT2D eigenvalue weighted by Crippen LogP contribution is 2.18. The first-order valence-corrected chi connectivity index (χ1v) is 20.9. The second-order valence-corrected chi connectivity index (χ2v) is 16.4. The van der Waals surface area contributed by atoms with E-state index in [2.05, 4.69) is 42.0 Å². The van der Waals surface area contributed by atoms with E-state index in [0.717, 1.165) is 22.1 Å². The summed E-state index contributed by atoms with van der Waals surface area (Å²) < 4.78 is 14.2. The average molecular weight is 815 g/mol. The monoisotopic (exact) mass is 813 g/mol. The third-order valence-corrected chi connectivity index (χ3v) is 10.6. The van der Waals surface area contributed by atoms with Crippen molar-refractivity contribution in [1.29, 1.82) is 0 Å². The summed E-state index contributed by atoms with van der Waals surface area (Å²) in [4.78, 5) is 0. The first kappa shape index (κ1) is 53.2. The highest BCUT2D eigenvalue weighted by atomic mass is 79.9. The van der Waals surface area contributed by atoms with Gasteiger partial charge in [-0.25, -0.2) is 0 Å². The van der Waals surface area contributed by atoms with E-state index in [1.165, 1.54) is 193 Å². The summed E-state index contributed by atoms with van der Waals surface area (Å²) in [6, 6.07) is 0. The Morgan fingerprint density at radius 2 is 0.521 bits per heavy atom. The zero-order valence-electron chi connectivity index (χ0n) is 34.2. The van der Waals surface area contributed by atoms with Crippen molar-refractivity contribution >= 4 is 0 Å². The molecule has 0 aliphatic heterocycles. The van der Waals surface area contributed by atoms with Gasteiger partial charge in [-0.2, -0.15) is 0 Å². The Hall–Kier alpha value is 0.800. The van der Waals surface area contributed by atoms with Crippen LogP contribution in [0.25, 0.3) is 0 Å². The standard InChI is InChI=1S/C42H90N2O2.2BrH/c1-9-11-13-15-17-19-21-23-25-27-29-31-33-35-37-43(3,4)39-41(45-7)42(46-8)40-44(5,6)38-36-34-32-30-28-26-24-22-20-18-16-14-12-10-2;;/h41-42H,9-40H2,1-8H3;2*1H/q+2;;/p-2/t41-,42-;;/m1../s1. The second-order valence-electron chi connectivity index (χ2n) is 16.4. The van der Waals surface area contributed by atoms with Gasteiger partial charge in [-0.15, -0.1) is 0 Å². The molecule has 294 valence electrons. The largest absolute Gasteiger partial charge is 1.00 e. The summed E-state index contributed by atoms with van der Waals surface area (Å²) >= 11 is 0. The van der Waals surface area contributed by atoms with E-state index in [0.29, 0.717) is 0 Å². The van der Waals surface area contributed by atoms with Gasteiger partial charge in [0.15, 0.2) is 0 Å². The summed E-state index contributed by atoms with van der Waals surface area (Å²) in [5, 5.41) is 0. The zero-order chi connectivity index (χ0) is 34.2. The molecule has 6 heteroatoms. The molecular weight excluding hydrogens is 724 g/mol. The lowest BCUT2D eigenvalue weighted by Gasteiger charge is -2.39. The Morgan fingerprint density at radius 3 is 0.708 bits per heavy atom. The van der Waals surface area contributed by atoms with Gasteiger partial charge >= 0.3 is 0 Å². The first-order chi connectivity index (χ1) is 22.2. The number of halogens is 2. The number of methoxy groups -OCH3 is 2. The highest BCUT2D eigenvalue weighted by Gasteiger charge is 2.33. The third kappa shape index (κ3) is 35.2. The molecule has 0 heterocycles. The van der Waals surface area contributed by atoms with E-state index in [1.54, 1.807) is 0 Å². The van der Waals surface area contributed by atoms with E-state index in [1.807, 2.05) is 14.2 Å². The molecule has 0 rings (SSSR count). The minimum absolute atomic E-state index is 0. The van der Waals surface area contributed by atoms with Crippen molar-refractivity contribution in [2.75, 3.05) is 68.6 Å². The van der Waals surface area contributed by atoms with E-state index >= 15 is 0 Å². The van der Waals surface area contributed by atoms with Crippen molar-refractivity contribution < 1.29 is 52.4 Å². The van der Waals surface area contributed by atoms with E-state index in [4.69, 9.17) is 9.47 Å². The van der Waals surface area contributed by atoms with Crippen molar-refractivity contribution in [3.63, 3.8) is 0 Å². The fraction of sp³-hybridized carbons (Fsp3) is 1.00. The minimum atomic E-state index is 0. The van der Waals surface area contributed by atoms with Gasteiger partial charge in [-0.05, 0) is 25.7 Å². The predicted octanol–water partition coefficient (Wildman–Crippen LogP) is 6.14. The summed E-state index contributed by atoms with van der Waals surface area (Å²) in [6.07, 6.45) is 40.1. The van der Waals surface area contributed by atoms with Gasteiger partial charge in [0.2, 0.25) is 0 Å². The van der Waals surface area contributed by atoms with E-state index in [-0.39, 0.29) is 46.2 Å². The molecule has 0 radical (unpaired) electrons. The molecule has 0 unspecified atom stereocenters. The van der Waals surface area contributed by atoms with Gasteiger partial charge in [0.05, 0.1) is 41.3 Å². The quantitative estimate of drug-likeness (QED) is 0.0555. The predicted molar refractivity (Wildman–Crippen MR) is 206 cm³/mol. The molecule has 0 aromatic carbocycles. The molecule has 0 saturated heterocycles. The molecule has 48 heavy (non-hydrogen) atoms. The lowest BCUT2D eigenvalue weighted by Crippen LogP contribution is -3.00. The van der Waals surface area contributed by atoms with Crippen LogP contribution in [0, 0.1) is 0 Å². The van der Waals surface area contributed by atoms with Crippen LogP contribution in [0.3, 0.4) is 0 Å². The van der Waals surface area contributed by atoms with Crippen molar-refractivity contribution in [3.8, 4) is 0 Å².